The van der Waals surface area contributed by atoms with E-state index in [9.17, 15) is 10.1 Å². The van der Waals surface area contributed by atoms with Gasteiger partial charge in [0.05, 0.1) is 17.1 Å². The molecule has 1 aromatic rings. The second-order valence-corrected chi connectivity index (χ2v) is 4.73. The fourth-order valence-electron chi connectivity index (χ4n) is 1.92. The standard InChI is InChI=1S/C12H14ClNO4/c1-8-2-3-10(18-8)7-17-9-4-5-12(14(15)16)11(13)6-9/h4-6,8,10H,2-3,7H2,1H3. The predicted octanol–water partition coefficient (Wildman–Crippen LogP) is 3.19. The Morgan fingerprint density at radius 3 is 2.89 bits per heavy atom. The van der Waals surface area contributed by atoms with Crippen molar-refractivity contribution in [2.75, 3.05) is 6.61 Å². The smallest absolute Gasteiger partial charge is 0.288 e. The number of benzene rings is 1. The minimum atomic E-state index is -0.520. The van der Waals surface area contributed by atoms with Gasteiger partial charge in [0, 0.05) is 12.1 Å². The minimum absolute atomic E-state index is 0.0817. The summed E-state index contributed by atoms with van der Waals surface area (Å²) in [4.78, 5) is 10.1. The zero-order valence-electron chi connectivity index (χ0n) is 9.97. The molecule has 2 rings (SSSR count). The molecule has 5 nitrogen and oxygen atoms in total. The zero-order valence-corrected chi connectivity index (χ0v) is 10.7. The molecule has 98 valence electrons. The summed E-state index contributed by atoms with van der Waals surface area (Å²) < 4.78 is 11.1. The van der Waals surface area contributed by atoms with Crippen LogP contribution in [-0.2, 0) is 4.74 Å². The van der Waals surface area contributed by atoms with E-state index in [1.807, 2.05) is 6.92 Å². The van der Waals surface area contributed by atoms with Crippen LogP contribution in [-0.4, -0.2) is 23.7 Å². The summed E-state index contributed by atoms with van der Waals surface area (Å²) >= 11 is 5.79. The number of rotatable bonds is 4. The first-order valence-corrected chi connectivity index (χ1v) is 6.16. The zero-order chi connectivity index (χ0) is 13.1. The van der Waals surface area contributed by atoms with Gasteiger partial charge in [-0.3, -0.25) is 10.1 Å². The highest BCUT2D eigenvalue weighted by molar-refractivity contribution is 6.32. The van der Waals surface area contributed by atoms with E-state index in [0.717, 1.165) is 12.8 Å². The van der Waals surface area contributed by atoms with Gasteiger partial charge in [0.25, 0.3) is 5.69 Å². The summed E-state index contributed by atoms with van der Waals surface area (Å²) in [5, 5.41) is 10.7. The molecule has 0 spiro atoms. The molecule has 0 radical (unpaired) electrons. The van der Waals surface area contributed by atoms with Crippen molar-refractivity contribution in [1.82, 2.24) is 0 Å². The van der Waals surface area contributed by atoms with E-state index in [-0.39, 0.29) is 22.9 Å². The van der Waals surface area contributed by atoms with E-state index < -0.39 is 4.92 Å². The van der Waals surface area contributed by atoms with Crippen LogP contribution < -0.4 is 4.74 Å². The van der Waals surface area contributed by atoms with E-state index in [0.29, 0.717) is 12.4 Å². The van der Waals surface area contributed by atoms with Gasteiger partial charge in [-0.15, -0.1) is 0 Å². The van der Waals surface area contributed by atoms with Crippen molar-refractivity contribution in [2.45, 2.75) is 32.0 Å². The molecule has 1 aliphatic heterocycles. The van der Waals surface area contributed by atoms with Crippen LogP contribution in [0.3, 0.4) is 0 Å². The molecule has 2 atom stereocenters. The minimum Gasteiger partial charge on any atom is -0.491 e. The number of nitro groups is 1. The van der Waals surface area contributed by atoms with Crippen molar-refractivity contribution in [2.24, 2.45) is 0 Å². The normalized spacial score (nSPS) is 23.0. The first-order chi connectivity index (χ1) is 8.56. The van der Waals surface area contributed by atoms with E-state index in [4.69, 9.17) is 21.1 Å². The van der Waals surface area contributed by atoms with Crippen LogP contribution in [0, 0.1) is 10.1 Å². The SMILES string of the molecule is CC1CCC(COc2ccc([N+](=O)[O-])c(Cl)c2)O1. The number of halogens is 1. The maximum Gasteiger partial charge on any atom is 0.288 e. The summed E-state index contributed by atoms with van der Waals surface area (Å²) in [6.07, 6.45) is 2.38. The number of ether oxygens (including phenoxy) is 2. The highest BCUT2D eigenvalue weighted by Crippen LogP contribution is 2.29. The molecule has 1 fully saturated rings. The van der Waals surface area contributed by atoms with Crippen molar-refractivity contribution in [3.63, 3.8) is 0 Å². The Kier molecular flexibility index (Phi) is 4.04. The van der Waals surface area contributed by atoms with Crippen LogP contribution in [0.2, 0.25) is 5.02 Å². The van der Waals surface area contributed by atoms with Gasteiger partial charge in [-0.2, -0.15) is 0 Å². The quantitative estimate of drug-likeness (QED) is 0.623. The van der Waals surface area contributed by atoms with Gasteiger partial charge in [0.2, 0.25) is 0 Å². The molecule has 0 aromatic heterocycles. The average Bonchev–Trinajstić information content (AvgIpc) is 2.72. The molecule has 1 aromatic carbocycles. The number of hydrogen-bond acceptors (Lipinski definition) is 4. The second kappa shape index (κ2) is 5.54. The molecule has 0 aliphatic carbocycles. The highest BCUT2D eigenvalue weighted by Gasteiger charge is 2.22. The van der Waals surface area contributed by atoms with E-state index in [1.54, 1.807) is 6.07 Å². The summed E-state index contributed by atoms with van der Waals surface area (Å²) in [6, 6.07) is 4.34. The molecule has 1 heterocycles. The first-order valence-electron chi connectivity index (χ1n) is 5.78. The molecular formula is C12H14ClNO4. The van der Waals surface area contributed by atoms with E-state index in [2.05, 4.69) is 0 Å². The Bertz CT molecular complexity index is 452. The van der Waals surface area contributed by atoms with Crippen molar-refractivity contribution >= 4 is 17.3 Å². The van der Waals surface area contributed by atoms with E-state index in [1.165, 1.54) is 12.1 Å². The Morgan fingerprint density at radius 1 is 1.56 bits per heavy atom. The fourth-order valence-corrected chi connectivity index (χ4v) is 2.16. The molecule has 18 heavy (non-hydrogen) atoms. The van der Waals surface area contributed by atoms with Crippen molar-refractivity contribution in [3.05, 3.63) is 33.3 Å². The Labute approximate surface area is 110 Å². The highest BCUT2D eigenvalue weighted by atomic mass is 35.5. The molecule has 2 unspecified atom stereocenters. The lowest BCUT2D eigenvalue weighted by Gasteiger charge is -2.12. The third kappa shape index (κ3) is 3.11. The fraction of sp³-hybridized carbons (Fsp3) is 0.500. The van der Waals surface area contributed by atoms with Crippen molar-refractivity contribution in [1.29, 1.82) is 0 Å². The molecule has 0 amide bonds. The maximum atomic E-state index is 10.6. The molecule has 1 aliphatic rings. The number of nitrogens with zero attached hydrogens (tertiary/aromatic N) is 1. The van der Waals surface area contributed by atoms with Crippen LogP contribution in [0.4, 0.5) is 5.69 Å². The van der Waals surface area contributed by atoms with Gasteiger partial charge < -0.3 is 9.47 Å². The summed E-state index contributed by atoms with van der Waals surface area (Å²) in [7, 11) is 0. The second-order valence-electron chi connectivity index (χ2n) is 4.33. The summed E-state index contributed by atoms with van der Waals surface area (Å²) in [5.41, 5.74) is -0.116. The molecule has 0 N–H and O–H groups in total. The van der Waals surface area contributed by atoms with Gasteiger partial charge >= 0.3 is 0 Å². The predicted molar refractivity (Wildman–Crippen MR) is 67.2 cm³/mol. The summed E-state index contributed by atoms with van der Waals surface area (Å²) in [5.74, 6) is 0.522. The molecular weight excluding hydrogens is 258 g/mol. The molecule has 0 saturated carbocycles. The molecule has 6 heteroatoms. The van der Waals surface area contributed by atoms with Crippen LogP contribution in [0.15, 0.2) is 18.2 Å². The van der Waals surface area contributed by atoms with Crippen LogP contribution in [0.1, 0.15) is 19.8 Å². The Balaban J connectivity index is 1.94. The Hall–Kier alpha value is -1.33. The van der Waals surface area contributed by atoms with Gasteiger partial charge in [-0.05, 0) is 25.8 Å². The van der Waals surface area contributed by atoms with Crippen LogP contribution in [0.5, 0.6) is 5.75 Å². The lowest BCUT2D eigenvalue weighted by molar-refractivity contribution is -0.384. The Morgan fingerprint density at radius 2 is 2.33 bits per heavy atom. The van der Waals surface area contributed by atoms with Crippen molar-refractivity contribution < 1.29 is 14.4 Å². The van der Waals surface area contributed by atoms with Gasteiger partial charge in [-0.25, -0.2) is 0 Å². The monoisotopic (exact) mass is 271 g/mol. The average molecular weight is 272 g/mol. The largest absolute Gasteiger partial charge is 0.491 e. The van der Waals surface area contributed by atoms with E-state index >= 15 is 0 Å². The molecule has 1 saturated heterocycles. The van der Waals surface area contributed by atoms with Gasteiger partial charge in [0.1, 0.15) is 17.4 Å². The first kappa shape index (κ1) is 13.1. The van der Waals surface area contributed by atoms with Crippen LogP contribution >= 0.6 is 11.6 Å². The lowest BCUT2D eigenvalue weighted by Crippen LogP contribution is -2.17. The van der Waals surface area contributed by atoms with Gasteiger partial charge in [-0.1, -0.05) is 11.6 Å². The summed E-state index contributed by atoms with van der Waals surface area (Å²) in [6.45, 7) is 2.47. The molecule has 0 bridgehead atoms. The maximum absolute atomic E-state index is 10.6. The van der Waals surface area contributed by atoms with Crippen molar-refractivity contribution in [3.8, 4) is 5.75 Å². The van der Waals surface area contributed by atoms with Crippen LogP contribution in [0.25, 0.3) is 0 Å². The lowest BCUT2D eigenvalue weighted by atomic mass is 10.2. The third-order valence-electron chi connectivity index (χ3n) is 2.87. The third-order valence-corrected chi connectivity index (χ3v) is 3.17. The topological polar surface area (TPSA) is 61.6 Å². The van der Waals surface area contributed by atoms with Gasteiger partial charge in [0.15, 0.2) is 0 Å². The number of nitro benzene ring substituents is 1. The number of hydrogen-bond donors (Lipinski definition) is 0.